The van der Waals surface area contributed by atoms with Crippen LogP contribution in [0.4, 0.5) is 5.13 Å². The van der Waals surface area contributed by atoms with Crippen LogP contribution in [0.15, 0.2) is 78.1 Å². The fourth-order valence-electron chi connectivity index (χ4n) is 4.17. The van der Waals surface area contributed by atoms with Crippen molar-refractivity contribution < 1.29 is 19.4 Å². The van der Waals surface area contributed by atoms with Gasteiger partial charge in [-0.15, -0.1) is 0 Å². The van der Waals surface area contributed by atoms with Crippen molar-refractivity contribution >= 4 is 61.6 Å². The molecule has 0 fully saturated rings. The van der Waals surface area contributed by atoms with E-state index < -0.39 is 23.5 Å². The van der Waals surface area contributed by atoms with Gasteiger partial charge in [0.25, 0.3) is 5.91 Å². The number of amides is 1. The molecular weight excluding hydrogens is 507 g/mol. The molecule has 6 nitrogen and oxygen atoms in total. The summed E-state index contributed by atoms with van der Waals surface area (Å²) >= 11 is 13.7. The van der Waals surface area contributed by atoms with Gasteiger partial charge < -0.3 is 9.84 Å². The lowest BCUT2D eigenvalue weighted by Crippen LogP contribution is -2.31. The minimum absolute atomic E-state index is 0.00594. The number of methoxy groups -OCH3 is 1. The Morgan fingerprint density at radius 2 is 1.83 bits per heavy atom. The molecule has 5 rings (SSSR count). The molecule has 35 heavy (non-hydrogen) atoms. The molecule has 0 aliphatic carbocycles. The van der Waals surface area contributed by atoms with Crippen molar-refractivity contribution in [1.82, 2.24) is 4.98 Å². The number of nitrogens with zero attached hydrogens (tertiary/aromatic N) is 2. The van der Waals surface area contributed by atoms with E-state index in [0.29, 0.717) is 37.6 Å². The smallest absolute Gasteiger partial charge is 0.296 e. The van der Waals surface area contributed by atoms with Crippen LogP contribution in [-0.4, -0.2) is 28.9 Å². The Labute approximate surface area is 215 Å². The van der Waals surface area contributed by atoms with Crippen molar-refractivity contribution in [2.24, 2.45) is 0 Å². The molecule has 1 aliphatic heterocycles. The van der Waals surface area contributed by atoms with Gasteiger partial charge in [0.05, 0.1) is 28.4 Å². The van der Waals surface area contributed by atoms with Gasteiger partial charge in [0.2, 0.25) is 0 Å². The number of hydrogen-bond donors (Lipinski definition) is 1. The summed E-state index contributed by atoms with van der Waals surface area (Å²) in [6.07, 6.45) is -0.0553. The number of hydrogen-bond acceptors (Lipinski definition) is 6. The number of rotatable bonds is 6. The number of Topliss-reactive ketones (excluding diaryl/α,β-unsaturated/α-hetero) is 1. The molecule has 4 aromatic rings. The molecule has 1 atom stereocenters. The number of aliphatic hydroxyl groups is 1. The fourth-order valence-corrected chi connectivity index (χ4v) is 5.59. The minimum Gasteiger partial charge on any atom is -0.503 e. The molecule has 0 bridgehead atoms. The number of ketones is 1. The predicted molar refractivity (Wildman–Crippen MR) is 138 cm³/mol. The molecule has 176 valence electrons. The van der Waals surface area contributed by atoms with E-state index in [0.717, 1.165) is 4.70 Å². The Kier molecular flexibility index (Phi) is 6.23. The number of fused-ring (bicyclic) bond motifs is 1. The lowest BCUT2D eigenvalue weighted by atomic mass is 9.93. The Balaban J connectivity index is 1.62. The molecule has 0 spiro atoms. The Morgan fingerprint density at radius 3 is 2.54 bits per heavy atom. The number of anilines is 1. The molecule has 1 amide bonds. The van der Waals surface area contributed by atoms with E-state index in [1.807, 2.05) is 6.07 Å². The molecule has 0 saturated carbocycles. The van der Waals surface area contributed by atoms with Crippen molar-refractivity contribution in [2.75, 3.05) is 12.0 Å². The van der Waals surface area contributed by atoms with Gasteiger partial charge in [-0.05, 0) is 35.9 Å². The normalized spacial score (nSPS) is 15.8. The number of carbonyl (C=O) groups is 2. The fraction of sp³-hybridized carbons (Fsp3) is 0.115. The van der Waals surface area contributed by atoms with Crippen molar-refractivity contribution in [2.45, 2.75) is 12.5 Å². The summed E-state index contributed by atoms with van der Waals surface area (Å²) in [6.45, 7) is 0. The van der Waals surface area contributed by atoms with Crippen molar-refractivity contribution in [3.05, 3.63) is 99.2 Å². The maximum atomic E-state index is 13.6. The molecule has 3 aromatic carbocycles. The lowest BCUT2D eigenvalue weighted by Gasteiger charge is -2.24. The van der Waals surface area contributed by atoms with Gasteiger partial charge in [-0.3, -0.25) is 14.5 Å². The molecule has 1 aromatic heterocycles. The maximum Gasteiger partial charge on any atom is 0.296 e. The highest BCUT2D eigenvalue weighted by Crippen LogP contribution is 2.44. The number of halogens is 2. The molecular formula is C26H18Cl2N2O4S. The number of ether oxygens (including phenoxy) is 1. The minimum atomic E-state index is -0.888. The third-order valence-corrected chi connectivity index (χ3v) is 7.38. The summed E-state index contributed by atoms with van der Waals surface area (Å²) in [5, 5.41) is 12.2. The number of para-hydroxylation sites is 2. The van der Waals surface area contributed by atoms with Gasteiger partial charge in [-0.2, -0.15) is 0 Å². The summed E-state index contributed by atoms with van der Waals surface area (Å²) in [4.78, 5) is 32.8. The van der Waals surface area contributed by atoms with Crippen LogP contribution in [-0.2, 0) is 16.0 Å². The van der Waals surface area contributed by atoms with Crippen LogP contribution < -0.4 is 9.64 Å². The lowest BCUT2D eigenvalue weighted by molar-refractivity contribution is -0.117. The topological polar surface area (TPSA) is 79.7 Å². The Morgan fingerprint density at radius 1 is 1.09 bits per heavy atom. The highest BCUT2D eigenvalue weighted by Gasteiger charge is 2.45. The third kappa shape index (κ3) is 4.16. The summed E-state index contributed by atoms with van der Waals surface area (Å²) in [7, 11) is 1.52. The van der Waals surface area contributed by atoms with E-state index in [-0.39, 0.29) is 12.0 Å². The van der Waals surface area contributed by atoms with Crippen LogP contribution in [0.3, 0.4) is 0 Å². The quantitative estimate of drug-likeness (QED) is 0.319. The van der Waals surface area contributed by atoms with Crippen LogP contribution in [0.5, 0.6) is 5.75 Å². The molecule has 0 saturated heterocycles. The van der Waals surface area contributed by atoms with Gasteiger partial charge in [-0.25, -0.2) is 4.98 Å². The second-order valence-corrected chi connectivity index (χ2v) is 9.74. The van der Waals surface area contributed by atoms with Gasteiger partial charge in [0, 0.05) is 17.0 Å². The molecule has 9 heteroatoms. The maximum absolute atomic E-state index is 13.6. The average Bonchev–Trinajstić information content (AvgIpc) is 3.39. The first-order valence-corrected chi connectivity index (χ1v) is 12.2. The van der Waals surface area contributed by atoms with E-state index in [1.54, 1.807) is 60.7 Å². The number of carbonyl (C=O) groups excluding carboxylic acids is 2. The highest BCUT2D eigenvalue weighted by atomic mass is 35.5. The third-order valence-electron chi connectivity index (χ3n) is 5.80. The Bertz CT molecular complexity index is 1500. The van der Waals surface area contributed by atoms with Gasteiger partial charge in [0.1, 0.15) is 11.3 Å². The second-order valence-electron chi connectivity index (χ2n) is 7.89. The van der Waals surface area contributed by atoms with Gasteiger partial charge in [-0.1, -0.05) is 70.9 Å². The first-order chi connectivity index (χ1) is 16.9. The number of aliphatic hydroxyl groups excluding tert-OH is 1. The Hall–Kier alpha value is -3.39. The molecule has 1 N–H and O–H groups in total. The molecule has 0 radical (unpaired) electrons. The number of thiazole rings is 1. The zero-order chi connectivity index (χ0) is 24.7. The van der Waals surface area contributed by atoms with E-state index in [4.69, 9.17) is 27.9 Å². The SMILES string of the molecule is COc1ccccc1CC(=O)C1=C(O)C(=O)N(c2nc3c(Cl)cccc3s2)C1c1ccc(Cl)cc1. The zero-order valence-corrected chi connectivity index (χ0v) is 20.7. The second kappa shape index (κ2) is 9.34. The van der Waals surface area contributed by atoms with E-state index >= 15 is 0 Å². The number of aromatic nitrogens is 1. The van der Waals surface area contributed by atoms with Crippen molar-refractivity contribution in [1.29, 1.82) is 0 Å². The monoisotopic (exact) mass is 524 g/mol. The van der Waals surface area contributed by atoms with Crippen LogP contribution in [0.1, 0.15) is 17.2 Å². The van der Waals surface area contributed by atoms with Gasteiger partial charge >= 0.3 is 0 Å². The van der Waals surface area contributed by atoms with Gasteiger partial charge in [0.15, 0.2) is 16.7 Å². The molecule has 1 unspecified atom stereocenters. The van der Waals surface area contributed by atoms with Crippen LogP contribution in [0, 0.1) is 0 Å². The largest absolute Gasteiger partial charge is 0.503 e. The highest BCUT2D eigenvalue weighted by molar-refractivity contribution is 7.22. The van der Waals surface area contributed by atoms with E-state index in [2.05, 4.69) is 4.98 Å². The predicted octanol–water partition coefficient (Wildman–Crippen LogP) is 6.32. The summed E-state index contributed by atoms with van der Waals surface area (Å²) in [5.41, 5.74) is 1.80. The molecule has 1 aliphatic rings. The zero-order valence-electron chi connectivity index (χ0n) is 18.4. The first-order valence-electron chi connectivity index (χ1n) is 10.6. The summed E-state index contributed by atoms with van der Waals surface area (Å²) in [6, 6.07) is 18.4. The number of benzene rings is 3. The summed E-state index contributed by atoms with van der Waals surface area (Å²) in [5.74, 6) is -1.16. The summed E-state index contributed by atoms with van der Waals surface area (Å²) < 4.78 is 6.15. The van der Waals surface area contributed by atoms with Crippen molar-refractivity contribution in [3.8, 4) is 5.75 Å². The van der Waals surface area contributed by atoms with E-state index in [1.165, 1.54) is 23.3 Å². The standard InChI is InChI=1S/C26H18Cl2N2O4S/c1-34-19-7-3-2-5-15(19)13-18(31)21-23(14-9-11-16(27)12-10-14)30(25(33)24(21)32)26-29-22-17(28)6-4-8-20(22)35-26/h2-12,23,32H,13H2,1H3. The van der Waals surface area contributed by atoms with Crippen LogP contribution >= 0.6 is 34.5 Å². The van der Waals surface area contributed by atoms with Crippen LogP contribution in [0.25, 0.3) is 10.2 Å². The van der Waals surface area contributed by atoms with Crippen LogP contribution in [0.2, 0.25) is 10.0 Å². The molecule has 2 heterocycles. The van der Waals surface area contributed by atoms with Crippen molar-refractivity contribution in [3.63, 3.8) is 0 Å². The van der Waals surface area contributed by atoms with E-state index in [9.17, 15) is 14.7 Å². The average molecular weight is 525 g/mol. The first kappa shape index (κ1) is 23.4.